The average Bonchev–Trinajstić information content (AvgIpc) is 3.00. The molecule has 1 unspecified atom stereocenters. The van der Waals surface area contributed by atoms with E-state index in [2.05, 4.69) is 0 Å². The molecule has 1 aromatic rings. The molecule has 0 aliphatic carbocycles. The van der Waals surface area contributed by atoms with E-state index in [0.717, 1.165) is 5.56 Å². The highest BCUT2D eigenvalue weighted by Gasteiger charge is 2.49. The lowest BCUT2D eigenvalue weighted by molar-refractivity contribution is -0.187. The average molecular weight is 288 g/mol. The van der Waals surface area contributed by atoms with Gasteiger partial charge in [0.25, 0.3) is 5.79 Å². The predicted molar refractivity (Wildman–Crippen MR) is 72.7 cm³/mol. The van der Waals surface area contributed by atoms with Crippen molar-refractivity contribution in [3.8, 4) is 0 Å². The van der Waals surface area contributed by atoms with E-state index in [9.17, 15) is 9.59 Å². The summed E-state index contributed by atoms with van der Waals surface area (Å²) in [6.45, 7) is 1.91. The lowest BCUT2D eigenvalue weighted by atomic mass is 10.1. The Labute approximate surface area is 122 Å². The molecule has 2 aliphatic rings. The molecule has 5 nitrogen and oxygen atoms in total. The van der Waals surface area contributed by atoms with Gasteiger partial charge < -0.3 is 14.2 Å². The van der Waals surface area contributed by atoms with E-state index in [4.69, 9.17) is 14.2 Å². The quantitative estimate of drug-likeness (QED) is 0.799. The molecule has 2 heterocycles. The predicted octanol–water partition coefficient (Wildman–Crippen LogP) is 2.46. The van der Waals surface area contributed by atoms with Gasteiger partial charge in [0, 0.05) is 6.42 Å². The number of carbonyl (C=O) groups is 2. The lowest BCUT2D eigenvalue weighted by Crippen LogP contribution is -2.28. The van der Waals surface area contributed by atoms with E-state index >= 15 is 0 Å². The van der Waals surface area contributed by atoms with Crippen LogP contribution in [0.5, 0.6) is 0 Å². The van der Waals surface area contributed by atoms with Crippen LogP contribution in [0, 0.1) is 0 Å². The van der Waals surface area contributed by atoms with Crippen molar-refractivity contribution in [3.63, 3.8) is 0 Å². The van der Waals surface area contributed by atoms with Crippen LogP contribution in [0.2, 0.25) is 0 Å². The van der Waals surface area contributed by atoms with Crippen molar-refractivity contribution >= 4 is 11.9 Å². The number of hydrogen-bond acceptors (Lipinski definition) is 5. The fourth-order valence-electron chi connectivity index (χ4n) is 2.60. The molecular weight excluding hydrogens is 272 g/mol. The topological polar surface area (TPSA) is 61.8 Å². The van der Waals surface area contributed by atoms with Gasteiger partial charge in [-0.05, 0) is 12.5 Å². The van der Waals surface area contributed by atoms with Crippen LogP contribution in [0.4, 0.5) is 0 Å². The Morgan fingerprint density at radius 1 is 1.29 bits per heavy atom. The minimum atomic E-state index is -0.984. The van der Waals surface area contributed by atoms with Crippen molar-refractivity contribution in [2.24, 2.45) is 0 Å². The Kier molecular flexibility index (Phi) is 3.41. The maximum absolute atomic E-state index is 12.2. The zero-order chi connectivity index (χ0) is 14.9. The van der Waals surface area contributed by atoms with Crippen LogP contribution < -0.4 is 0 Å². The molecule has 0 aromatic heterocycles. The fraction of sp³-hybridized carbons (Fsp3) is 0.375. The van der Waals surface area contributed by atoms with Crippen molar-refractivity contribution in [2.75, 3.05) is 0 Å². The van der Waals surface area contributed by atoms with E-state index in [1.54, 1.807) is 6.92 Å². The third-order valence-corrected chi connectivity index (χ3v) is 3.68. The second kappa shape index (κ2) is 5.24. The standard InChI is InChI=1S/C16H16O5/c1-11-13(9-16(20-11)8-7-14(17)21-16)15(18)19-10-12-5-3-2-4-6-12/h2-6H,7-10H2,1H3. The van der Waals surface area contributed by atoms with Crippen molar-refractivity contribution in [2.45, 2.75) is 38.6 Å². The maximum Gasteiger partial charge on any atom is 0.338 e. The van der Waals surface area contributed by atoms with Crippen LogP contribution in [0.25, 0.3) is 0 Å². The molecule has 0 amide bonds. The molecule has 1 aromatic carbocycles. The first-order chi connectivity index (χ1) is 10.1. The van der Waals surface area contributed by atoms with Gasteiger partial charge >= 0.3 is 11.9 Å². The summed E-state index contributed by atoms with van der Waals surface area (Å²) in [6.07, 6.45) is 1.05. The first-order valence-electron chi connectivity index (χ1n) is 6.90. The highest BCUT2D eigenvalue weighted by Crippen LogP contribution is 2.42. The molecular formula is C16H16O5. The molecule has 3 rings (SSSR count). The summed E-state index contributed by atoms with van der Waals surface area (Å²) in [5.74, 6) is -1.22. The molecule has 110 valence electrons. The first kappa shape index (κ1) is 13.7. The van der Waals surface area contributed by atoms with Gasteiger partial charge in [-0.15, -0.1) is 0 Å². The summed E-state index contributed by atoms with van der Waals surface area (Å²) in [6, 6.07) is 9.46. The number of carbonyl (C=O) groups excluding carboxylic acids is 2. The lowest BCUT2D eigenvalue weighted by Gasteiger charge is -2.21. The van der Waals surface area contributed by atoms with Crippen molar-refractivity contribution in [3.05, 3.63) is 47.2 Å². The second-order valence-corrected chi connectivity index (χ2v) is 5.26. The molecule has 0 bridgehead atoms. The van der Waals surface area contributed by atoms with Gasteiger partial charge in [0.05, 0.1) is 18.4 Å². The summed E-state index contributed by atoms with van der Waals surface area (Å²) in [5, 5.41) is 0. The maximum atomic E-state index is 12.2. The van der Waals surface area contributed by atoms with Crippen LogP contribution in [-0.4, -0.2) is 17.7 Å². The highest BCUT2D eigenvalue weighted by atomic mass is 16.7. The number of benzene rings is 1. The molecule has 1 fully saturated rings. The van der Waals surface area contributed by atoms with Crippen molar-refractivity contribution < 1.29 is 23.8 Å². The summed E-state index contributed by atoms with van der Waals surface area (Å²) >= 11 is 0. The smallest absolute Gasteiger partial charge is 0.338 e. The minimum Gasteiger partial charge on any atom is -0.457 e. The van der Waals surface area contributed by atoms with Gasteiger partial charge in [-0.1, -0.05) is 30.3 Å². The normalized spacial score (nSPS) is 24.1. The molecule has 0 saturated carbocycles. The van der Waals surface area contributed by atoms with Gasteiger partial charge in [-0.25, -0.2) is 4.79 Å². The number of allylic oxidation sites excluding steroid dienone is 1. The third-order valence-electron chi connectivity index (χ3n) is 3.68. The van der Waals surface area contributed by atoms with Gasteiger partial charge in [-0.2, -0.15) is 0 Å². The van der Waals surface area contributed by atoms with Gasteiger partial charge in [-0.3, -0.25) is 4.79 Å². The molecule has 1 spiro atoms. The Morgan fingerprint density at radius 2 is 2.05 bits per heavy atom. The van der Waals surface area contributed by atoms with Crippen LogP contribution in [0.3, 0.4) is 0 Å². The van der Waals surface area contributed by atoms with Crippen molar-refractivity contribution in [1.29, 1.82) is 0 Å². The zero-order valence-corrected chi connectivity index (χ0v) is 11.8. The summed E-state index contributed by atoms with van der Waals surface area (Å²) in [7, 11) is 0. The molecule has 1 saturated heterocycles. The van der Waals surface area contributed by atoms with Crippen molar-refractivity contribution in [1.82, 2.24) is 0 Å². The van der Waals surface area contributed by atoms with E-state index < -0.39 is 11.8 Å². The third kappa shape index (κ3) is 2.77. The van der Waals surface area contributed by atoms with E-state index in [0.29, 0.717) is 24.2 Å². The largest absolute Gasteiger partial charge is 0.457 e. The van der Waals surface area contributed by atoms with Gasteiger partial charge in [0.2, 0.25) is 0 Å². The van der Waals surface area contributed by atoms with E-state index in [-0.39, 0.29) is 19.0 Å². The van der Waals surface area contributed by atoms with E-state index in [1.165, 1.54) is 0 Å². The molecule has 1 atom stereocenters. The highest BCUT2D eigenvalue weighted by molar-refractivity contribution is 5.90. The first-order valence-corrected chi connectivity index (χ1v) is 6.90. The molecule has 2 aliphatic heterocycles. The van der Waals surface area contributed by atoms with Crippen LogP contribution in [-0.2, 0) is 30.4 Å². The number of ether oxygens (including phenoxy) is 3. The Morgan fingerprint density at radius 3 is 2.71 bits per heavy atom. The van der Waals surface area contributed by atoms with Crippen LogP contribution in [0.15, 0.2) is 41.7 Å². The Bertz CT molecular complexity index is 604. The van der Waals surface area contributed by atoms with E-state index in [1.807, 2.05) is 30.3 Å². The Hall–Kier alpha value is -2.30. The minimum absolute atomic E-state index is 0.212. The Balaban J connectivity index is 1.62. The molecule has 21 heavy (non-hydrogen) atoms. The SMILES string of the molecule is CC1=C(C(=O)OCc2ccccc2)CC2(CCC(=O)O2)O1. The molecule has 5 heteroatoms. The fourth-order valence-corrected chi connectivity index (χ4v) is 2.60. The van der Waals surface area contributed by atoms with Gasteiger partial charge in [0.15, 0.2) is 0 Å². The summed E-state index contributed by atoms with van der Waals surface area (Å²) in [5.41, 5.74) is 1.37. The second-order valence-electron chi connectivity index (χ2n) is 5.26. The molecule has 0 radical (unpaired) electrons. The van der Waals surface area contributed by atoms with Crippen LogP contribution >= 0.6 is 0 Å². The number of hydrogen-bond donors (Lipinski definition) is 0. The monoisotopic (exact) mass is 288 g/mol. The summed E-state index contributed by atoms with van der Waals surface area (Å²) < 4.78 is 16.1. The molecule has 0 N–H and O–H groups in total. The van der Waals surface area contributed by atoms with Crippen LogP contribution in [0.1, 0.15) is 31.7 Å². The van der Waals surface area contributed by atoms with Gasteiger partial charge in [0.1, 0.15) is 12.4 Å². The number of rotatable bonds is 3. The zero-order valence-electron chi connectivity index (χ0n) is 11.8. The number of esters is 2. The summed E-state index contributed by atoms with van der Waals surface area (Å²) in [4.78, 5) is 23.4.